The molecule has 5 heteroatoms. The molecule has 5 nitrogen and oxygen atoms in total. The highest BCUT2D eigenvalue weighted by atomic mass is 16.5. The average molecular weight is 257 g/mol. The predicted molar refractivity (Wildman–Crippen MR) is 67.2 cm³/mol. The second-order valence-electron chi connectivity index (χ2n) is 5.78. The van der Waals surface area contributed by atoms with Crippen molar-refractivity contribution in [1.29, 1.82) is 0 Å². The molecular weight excluding hydrogens is 234 g/mol. The number of ether oxygens (including phenoxy) is 1. The van der Waals surface area contributed by atoms with Gasteiger partial charge in [0.2, 0.25) is 5.91 Å². The van der Waals surface area contributed by atoms with Gasteiger partial charge in [0.25, 0.3) is 0 Å². The van der Waals surface area contributed by atoms with Crippen molar-refractivity contribution in [3.8, 4) is 0 Å². The molecule has 0 aromatic carbocycles. The zero-order valence-corrected chi connectivity index (χ0v) is 11.2. The van der Waals surface area contributed by atoms with Gasteiger partial charge in [-0.15, -0.1) is 0 Å². The summed E-state index contributed by atoms with van der Waals surface area (Å²) in [6.45, 7) is 5.38. The largest absolute Gasteiger partial charge is 0.481 e. The van der Waals surface area contributed by atoms with E-state index in [1.807, 2.05) is 0 Å². The number of nitrogens with one attached hydrogen (secondary N) is 1. The summed E-state index contributed by atoms with van der Waals surface area (Å²) in [6, 6.07) is 0. The molecule has 0 saturated heterocycles. The highest BCUT2D eigenvalue weighted by Gasteiger charge is 2.25. The molecular formula is C13H23NO4. The fourth-order valence-corrected chi connectivity index (χ4v) is 1.77. The Morgan fingerprint density at radius 2 is 2.00 bits per heavy atom. The Labute approximate surface area is 108 Å². The fraction of sp³-hybridized carbons (Fsp3) is 0.846. The summed E-state index contributed by atoms with van der Waals surface area (Å²) in [5, 5.41) is 11.5. The molecule has 0 unspecified atom stereocenters. The Morgan fingerprint density at radius 3 is 2.56 bits per heavy atom. The number of carbonyl (C=O) groups is 2. The van der Waals surface area contributed by atoms with Gasteiger partial charge in [0, 0.05) is 19.6 Å². The molecule has 0 aromatic heterocycles. The SMILES string of the molecule is CC(C)(CC(=O)O)CC(=O)NCCOCC1CC1. The van der Waals surface area contributed by atoms with Gasteiger partial charge in [-0.1, -0.05) is 13.8 Å². The first kappa shape index (κ1) is 15.0. The molecule has 0 bridgehead atoms. The number of hydrogen-bond acceptors (Lipinski definition) is 3. The zero-order valence-electron chi connectivity index (χ0n) is 11.2. The molecule has 0 radical (unpaired) electrons. The van der Waals surface area contributed by atoms with Crippen molar-refractivity contribution in [2.24, 2.45) is 11.3 Å². The van der Waals surface area contributed by atoms with E-state index in [4.69, 9.17) is 9.84 Å². The van der Waals surface area contributed by atoms with Crippen molar-refractivity contribution in [1.82, 2.24) is 5.32 Å². The molecule has 104 valence electrons. The van der Waals surface area contributed by atoms with Crippen LogP contribution in [0.3, 0.4) is 0 Å². The van der Waals surface area contributed by atoms with Gasteiger partial charge in [-0.2, -0.15) is 0 Å². The minimum atomic E-state index is -0.874. The zero-order chi connectivity index (χ0) is 13.6. The Hall–Kier alpha value is -1.10. The normalized spacial score (nSPS) is 15.4. The summed E-state index contributed by atoms with van der Waals surface area (Å²) >= 11 is 0. The number of rotatable bonds is 9. The molecule has 1 saturated carbocycles. The molecule has 0 spiro atoms. The number of amides is 1. The summed E-state index contributed by atoms with van der Waals surface area (Å²) in [5.74, 6) is -0.257. The maximum Gasteiger partial charge on any atom is 0.303 e. The molecule has 1 fully saturated rings. The fourth-order valence-electron chi connectivity index (χ4n) is 1.77. The molecule has 0 aromatic rings. The highest BCUT2D eigenvalue weighted by Crippen LogP contribution is 2.28. The van der Waals surface area contributed by atoms with Gasteiger partial charge in [0.1, 0.15) is 0 Å². The van der Waals surface area contributed by atoms with Crippen LogP contribution < -0.4 is 5.32 Å². The molecule has 0 atom stereocenters. The molecule has 1 aliphatic rings. The lowest BCUT2D eigenvalue weighted by atomic mass is 9.85. The molecule has 1 amide bonds. The summed E-state index contributed by atoms with van der Waals surface area (Å²) in [6.07, 6.45) is 2.74. The third-order valence-corrected chi connectivity index (χ3v) is 2.89. The molecule has 0 heterocycles. The van der Waals surface area contributed by atoms with Crippen LogP contribution in [0.1, 0.15) is 39.5 Å². The summed E-state index contributed by atoms with van der Waals surface area (Å²) in [5.41, 5.74) is -0.509. The number of aliphatic carboxylic acids is 1. The number of hydrogen-bond donors (Lipinski definition) is 2. The second kappa shape index (κ2) is 6.73. The van der Waals surface area contributed by atoms with Gasteiger partial charge in [0.05, 0.1) is 13.0 Å². The lowest BCUT2D eigenvalue weighted by Gasteiger charge is -2.21. The summed E-state index contributed by atoms with van der Waals surface area (Å²) in [4.78, 5) is 22.2. The van der Waals surface area contributed by atoms with Gasteiger partial charge in [-0.05, 0) is 24.2 Å². The van der Waals surface area contributed by atoms with Crippen molar-refractivity contribution < 1.29 is 19.4 Å². The van der Waals surface area contributed by atoms with Crippen LogP contribution in [0.5, 0.6) is 0 Å². The monoisotopic (exact) mass is 257 g/mol. The van der Waals surface area contributed by atoms with E-state index >= 15 is 0 Å². The molecule has 18 heavy (non-hydrogen) atoms. The minimum Gasteiger partial charge on any atom is -0.481 e. The average Bonchev–Trinajstić information content (AvgIpc) is 2.97. The maximum atomic E-state index is 11.6. The third kappa shape index (κ3) is 7.27. The van der Waals surface area contributed by atoms with Crippen molar-refractivity contribution in [3.63, 3.8) is 0 Å². The van der Waals surface area contributed by atoms with E-state index in [9.17, 15) is 9.59 Å². The maximum absolute atomic E-state index is 11.6. The van der Waals surface area contributed by atoms with E-state index < -0.39 is 11.4 Å². The van der Waals surface area contributed by atoms with Crippen molar-refractivity contribution in [3.05, 3.63) is 0 Å². The van der Waals surface area contributed by atoms with E-state index in [1.165, 1.54) is 12.8 Å². The van der Waals surface area contributed by atoms with Gasteiger partial charge >= 0.3 is 5.97 Å². The lowest BCUT2D eigenvalue weighted by molar-refractivity contribution is -0.139. The van der Waals surface area contributed by atoms with Gasteiger partial charge in [-0.25, -0.2) is 0 Å². The van der Waals surface area contributed by atoms with Crippen molar-refractivity contribution in [2.45, 2.75) is 39.5 Å². The first-order valence-corrected chi connectivity index (χ1v) is 6.45. The number of carboxylic acids is 1. The van der Waals surface area contributed by atoms with Crippen LogP contribution in [0.25, 0.3) is 0 Å². The topological polar surface area (TPSA) is 75.6 Å². The van der Waals surface area contributed by atoms with Crippen molar-refractivity contribution in [2.75, 3.05) is 19.8 Å². The van der Waals surface area contributed by atoms with E-state index in [-0.39, 0.29) is 18.7 Å². The number of carboxylic acid groups (broad SMARTS) is 1. The van der Waals surface area contributed by atoms with Crippen LogP contribution in [0.2, 0.25) is 0 Å². The Kier molecular flexibility index (Phi) is 5.59. The minimum absolute atomic E-state index is 0.00139. The molecule has 1 aliphatic carbocycles. The summed E-state index contributed by atoms with van der Waals surface area (Å²) in [7, 11) is 0. The van der Waals surface area contributed by atoms with Crippen LogP contribution in [-0.4, -0.2) is 36.7 Å². The highest BCUT2D eigenvalue weighted by molar-refractivity contribution is 5.77. The molecule has 0 aliphatic heterocycles. The lowest BCUT2D eigenvalue weighted by Crippen LogP contribution is -2.32. The van der Waals surface area contributed by atoms with E-state index in [0.717, 1.165) is 12.5 Å². The first-order chi connectivity index (χ1) is 8.39. The molecule has 2 N–H and O–H groups in total. The Balaban J connectivity index is 2.05. The number of carbonyl (C=O) groups excluding carboxylic acids is 1. The Bertz CT molecular complexity index is 297. The standard InChI is InChI=1S/C13H23NO4/c1-13(2,8-12(16)17)7-11(15)14-5-6-18-9-10-3-4-10/h10H,3-9H2,1-2H3,(H,14,15)(H,16,17). The van der Waals surface area contributed by atoms with Crippen LogP contribution in [0.4, 0.5) is 0 Å². The van der Waals surface area contributed by atoms with Crippen LogP contribution in [0.15, 0.2) is 0 Å². The predicted octanol–water partition coefficient (Wildman–Crippen LogP) is 1.42. The summed E-state index contributed by atoms with van der Waals surface area (Å²) < 4.78 is 5.39. The van der Waals surface area contributed by atoms with Crippen LogP contribution in [-0.2, 0) is 14.3 Å². The van der Waals surface area contributed by atoms with E-state index in [0.29, 0.717) is 13.2 Å². The molecule has 1 rings (SSSR count). The van der Waals surface area contributed by atoms with Gasteiger partial charge in [-0.3, -0.25) is 9.59 Å². The van der Waals surface area contributed by atoms with Crippen LogP contribution >= 0.6 is 0 Å². The van der Waals surface area contributed by atoms with Gasteiger partial charge in [0.15, 0.2) is 0 Å². The second-order valence-corrected chi connectivity index (χ2v) is 5.78. The quantitative estimate of drug-likeness (QED) is 0.612. The first-order valence-electron chi connectivity index (χ1n) is 6.45. The van der Waals surface area contributed by atoms with Gasteiger partial charge < -0.3 is 15.2 Å². The van der Waals surface area contributed by atoms with E-state index in [2.05, 4.69) is 5.32 Å². The van der Waals surface area contributed by atoms with Crippen LogP contribution in [0, 0.1) is 11.3 Å². The Morgan fingerprint density at radius 1 is 1.33 bits per heavy atom. The third-order valence-electron chi connectivity index (χ3n) is 2.89. The van der Waals surface area contributed by atoms with E-state index in [1.54, 1.807) is 13.8 Å². The van der Waals surface area contributed by atoms with Crippen molar-refractivity contribution >= 4 is 11.9 Å². The smallest absolute Gasteiger partial charge is 0.303 e.